The van der Waals surface area contributed by atoms with E-state index in [1.165, 1.54) is 35.1 Å². The van der Waals surface area contributed by atoms with Crippen molar-refractivity contribution in [3.05, 3.63) is 138 Å². The van der Waals surface area contributed by atoms with Gasteiger partial charge in [-0.25, -0.2) is 14.4 Å². The van der Waals surface area contributed by atoms with Crippen LogP contribution in [-0.2, 0) is 0 Å². The number of pyridine rings is 2. The van der Waals surface area contributed by atoms with Gasteiger partial charge < -0.3 is 14.5 Å². The van der Waals surface area contributed by atoms with Gasteiger partial charge in [0.1, 0.15) is 29.8 Å². The van der Waals surface area contributed by atoms with Crippen molar-refractivity contribution in [3.63, 3.8) is 0 Å². The number of hydrogen-bond donors (Lipinski definition) is 0. The minimum atomic E-state index is -0.334. The Labute approximate surface area is 260 Å². The Kier molecular flexibility index (Phi) is 6.27. The van der Waals surface area contributed by atoms with Crippen LogP contribution < -0.4 is 14.5 Å². The number of hydrogen-bond acceptors (Lipinski definition) is 5. The van der Waals surface area contributed by atoms with Crippen LogP contribution in [0.4, 0.5) is 27.3 Å². The van der Waals surface area contributed by atoms with Crippen molar-refractivity contribution in [2.45, 2.75) is 20.8 Å². The SMILES string of the molecule is Cc1ccc2c(n1)N(c1cccc(Oc3ccc4c5ccccc5n(-c5cc(F)ccn5)c4c3)c1)CN2c1c(C)cccc1C. The van der Waals surface area contributed by atoms with Gasteiger partial charge in [0, 0.05) is 52.2 Å². The van der Waals surface area contributed by atoms with Gasteiger partial charge in [-0.2, -0.15) is 0 Å². The molecule has 0 unspecified atom stereocenters. The van der Waals surface area contributed by atoms with Gasteiger partial charge >= 0.3 is 0 Å². The number of fused-ring (bicyclic) bond motifs is 4. The molecule has 0 bridgehead atoms. The molecule has 7 heteroatoms. The topological polar surface area (TPSA) is 46.4 Å². The van der Waals surface area contributed by atoms with Crippen LogP contribution >= 0.6 is 0 Å². The predicted molar refractivity (Wildman–Crippen MR) is 179 cm³/mol. The van der Waals surface area contributed by atoms with Crippen molar-refractivity contribution in [3.8, 4) is 17.3 Å². The summed E-state index contributed by atoms with van der Waals surface area (Å²) in [6.45, 7) is 6.96. The van der Waals surface area contributed by atoms with Crippen molar-refractivity contribution in [1.29, 1.82) is 0 Å². The first-order chi connectivity index (χ1) is 21.9. The number of rotatable bonds is 5. The van der Waals surface area contributed by atoms with Gasteiger partial charge in [-0.05, 0) is 80.4 Å². The summed E-state index contributed by atoms with van der Waals surface area (Å²) >= 11 is 0. The molecule has 6 nitrogen and oxygen atoms in total. The van der Waals surface area contributed by atoms with E-state index in [1.807, 2.05) is 54.0 Å². The van der Waals surface area contributed by atoms with E-state index in [2.05, 4.69) is 83.2 Å². The van der Waals surface area contributed by atoms with Crippen LogP contribution in [0, 0.1) is 26.6 Å². The number of anilines is 4. The highest BCUT2D eigenvalue weighted by molar-refractivity contribution is 6.09. The van der Waals surface area contributed by atoms with E-state index in [9.17, 15) is 4.39 Å². The van der Waals surface area contributed by atoms with Gasteiger partial charge in [0.05, 0.1) is 16.7 Å². The molecule has 0 amide bonds. The fourth-order valence-corrected chi connectivity index (χ4v) is 6.48. The van der Waals surface area contributed by atoms with Crippen molar-refractivity contribution >= 4 is 44.7 Å². The molecule has 1 aliphatic rings. The molecule has 0 radical (unpaired) electrons. The summed E-state index contributed by atoms with van der Waals surface area (Å²) in [5, 5.41) is 2.11. The zero-order valence-corrected chi connectivity index (χ0v) is 25.2. The molecule has 0 fully saturated rings. The van der Waals surface area contributed by atoms with E-state index in [-0.39, 0.29) is 5.82 Å². The lowest BCUT2D eigenvalue weighted by Gasteiger charge is -2.25. The zero-order valence-electron chi connectivity index (χ0n) is 25.2. The highest BCUT2D eigenvalue weighted by Gasteiger charge is 2.31. The molecule has 220 valence electrons. The van der Waals surface area contributed by atoms with Gasteiger partial charge in [0.25, 0.3) is 0 Å². The Morgan fingerprint density at radius 2 is 1.47 bits per heavy atom. The maximum Gasteiger partial charge on any atom is 0.158 e. The lowest BCUT2D eigenvalue weighted by Crippen LogP contribution is -2.25. The van der Waals surface area contributed by atoms with Crippen LogP contribution in [0.25, 0.3) is 27.6 Å². The molecule has 7 aromatic rings. The minimum absolute atomic E-state index is 0.334. The van der Waals surface area contributed by atoms with Crippen LogP contribution in [0.15, 0.2) is 115 Å². The van der Waals surface area contributed by atoms with Gasteiger partial charge in [0.15, 0.2) is 5.82 Å². The third-order valence-corrected chi connectivity index (χ3v) is 8.48. The smallest absolute Gasteiger partial charge is 0.158 e. The number of ether oxygens (including phenoxy) is 1. The highest BCUT2D eigenvalue weighted by atomic mass is 19.1. The van der Waals surface area contributed by atoms with E-state index in [4.69, 9.17) is 9.72 Å². The predicted octanol–water partition coefficient (Wildman–Crippen LogP) is 9.68. The molecule has 0 aliphatic carbocycles. The monoisotopic (exact) mass is 591 g/mol. The summed E-state index contributed by atoms with van der Waals surface area (Å²) in [6, 6.07) is 35.7. The van der Waals surface area contributed by atoms with Crippen molar-refractivity contribution in [2.24, 2.45) is 0 Å². The fourth-order valence-electron chi connectivity index (χ4n) is 6.48. The van der Waals surface area contributed by atoms with Crippen molar-refractivity contribution in [1.82, 2.24) is 14.5 Å². The Hall–Kier alpha value is -5.69. The third kappa shape index (κ3) is 4.55. The molecule has 8 rings (SSSR count). The summed E-state index contributed by atoms with van der Waals surface area (Å²) in [5.41, 5.74) is 8.52. The quantitative estimate of drug-likeness (QED) is 0.199. The van der Waals surface area contributed by atoms with E-state index >= 15 is 0 Å². The third-order valence-electron chi connectivity index (χ3n) is 8.48. The molecule has 3 aromatic heterocycles. The molecule has 0 saturated heterocycles. The Morgan fingerprint density at radius 1 is 0.689 bits per heavy atom. The first-order valence-electron chi connectivity index (χ1n) is 15.0. The molecule has 45 heavy (non-hydrogen) atoms. The minimum Gasteiger partial charge on any atom is -0.457 e. The van der Waals surface area contributed by atoms with E-state index in [1.54, 1.807) is 0 Å². The van der Waals surface area contributed by atoms with Crippen molar-refractivity contribution < 1.29 is 9.13 Å². The number of halogens is 1. The molecular formula is C38H30FN5O. The van der Waals surface area contributed by atoms with E-state index in [0.717, 1.165) is 44.7 Å². The second-order valence-electron chi connectivity index (χ2n) is 11.5. The molecule has 4 aromatic carbocycles. The Morgan fingerprint density at radius 3 is 2.31 bits per heavy atom. The van der Waals surface area contributed by atoms with Gasteiger partial charge in [-0.15, -0.1) is 0 Å². The van der Waals surface area contributed by atoms with Gasteiger partial charge in [-0.3, -0.25) is 4.57 Å². The summed E-state index contributed by atoms with van der Waals surface area (Å²) in [6.07, 6.45) is 1.49. The van der Waals surface area contributed by atoms with E-state index < -0.39 is 0 Å². The van der Waals surface area contributed by atoms with Crippen LogP contribution in [0.2, 0.25) is 0 Å². The molecule has 0 saturated carbocycles. The van der Waals surface area contributed by atoms with Crippen LogP contribution in [-0.4, -0.2) is 21.2 Å². The lowest BCUT2D eigenvalue weighted by molar-refractivity contribution is 0.483. The molecule has 4 heterocycles. The largest absolute Gasteiger partial charge is 0.457 e. The van der Waals surface area contributed by atoms with Crippen LogP contribution in [0.3, 0.4) is 0 Å². The molecule has 0 atom stereocenters. The number of aryl methyl sites for hydroxylation is 3. The molecular weight excluding hydrogens is 561 g/mol. The number of para-hydroxylation sites is 2. The average molecular weight is 592 g/mol. The average Bonchev–Trinajstić information content (AvgIpc) is 3.56. The normalized spacial score (nSPS) is 12.7. The number of nitrogens with zero attached hydrogens (tertiary/aromatic N) is 5. The second kappa shape index (κ2) is 10.5. The maximum absolute atomic E-state index is 14.3. The summed E-state index contributed by atoms with van der Waals surface area (Å²) in [7, 11) is 0. The van der Waals surface area contributed by atoms with E-state index in [0.29, 0.717) is 24.0 Å². The molecule has 0 spiro atoms. The van der Waals surface area contributed by atoms with Crippen LogP contribution in [0.5, 0.6) is 11.5 Å². The molecule has 0 N–H and O–H groups in total. The number of benzene rings is 4. The van der Waals surface area contributed by atoms with Gasteiger partial charge in [-0.1, -0.05) is 42.5 Å². The fraction of sp³-hybridized carbons (Fsp3) is 0.105. The van der Waals surface area contributed by atoms with Crippen LogP contribution in [0.1, 0.15) is 16.8 Å². The number of aromatic nitrogens is 3. The lowest BCUT2D eigenvalue weighted by atomic mass is 10.1. The first kappa shape index (κ1) is 26.9. The zero-order chi connectivity index (χ0) is 30.7. The summed E-state index contributed by atoms with van der Waals surface area (Å²) < 4.78 is 22.7. The first-order valence-corrected chi connectivity index (χ1v) is 15.0. The second-order valence-corrected chi connectivity index (χ2v) is 11.5. The summed E-state index contributed by atoms with van der Waals surface area (Å²) in [5.74, 6) is 2.48. The summed E-state index contributed by atoms with van der Waals surface area (Å²) in [4.78, 5) is 14.0. The maximum atomic E-state index is 14.3. The Balaban J connectivity index is 1.18. The highest BCUT2D eigenvalue weighted by Crippen LogP contribution is 2.45. The van der Waals surface area contributed by atoms with Gasteiger partial charge in [0.2, 0.25) is 0 Å². The van der Waals surface area contributed by atoms with Crippen molar-refractivity contribution in [2.75, 3.05) is 16.5 Å². The Bertz CT molecular complexity index is 2240. The molecule has 1 aliphatic heterocycles. The standard InChI is InChI=1S/C38H30FN5O/c1-24-8-6-9-25(2)37(24)43-23-42(38-34(43)17-14-26(3)41-38)28-10-7-11-29(21-28)45-30-15-16-32-31-12-4-5-13-33(31)44(35(32)22-30)36-20-27(39)18-19-40-36/h4-22H,23H2,1-3H3.